The van der Waals surface area contributed by atoms with E-state index in [1.807, 2.05) is 25.2 Å². The summed E-state index contributed by atoms with van der Waals surface area (Å²) in [5, 5.41) is 11.9. The molecule has 5 rings (SSSR count). The fourth-order valence-electron chi connectivity index (χ4n) is 2.91. The first-order valence-electron chi connectivity index (χ1n) is 9.03. The lowest BCUT2D eigenvalue weighted by atomic mass is 10.2. The maximum absolute atomic E-state index is 12.3. The highest BCUT2D eigenvalue weighted by Gasteiger charge is 2.30. The minimum absolute atomic E-state index is 0.0199. The molecule has 1 aliphatic carbocycles. The van der Waals surface area contributed by atoms with E-state index in [2.05, 4.69) is 25.7 Å². The van der Waals surface area contributed by atoms with Crippen LogP contribution in [0.15, 0.2) is 40.5 Å². The van der Waals surface area contributed by atoms with E-state index in [9.17, 15) is 9.59 Å². The molecule has 8 nitrogen and oxygen atoms in total. The number of carbonyl (C=O) groups is 2. The first-order chi connectivity index (χ1) is 14.0. The molecular weight excluding hydrogens is 408 g/mol. The lowest BCUT2D eigenvalue weighted by Gasteiger charge is -1.98. The molecule has 2 amide bonds. The molecule has 2 N–H and O–H groups in total. The molecule has 1 aromatic carbocycles. The highest BCUT2D eigenvalue weighted by molar-refractivity contribution is 8.18. The van der Waals surface area contributed by atoms with E-state index < -0.39 is 0 Å². The van der Waals surface area contributed by atoms with Gasteiger partial charge in [-0.2, -0.15) is 5.10 Å². The lowest BCUT2D eigenvalue weighted by molar-refractivity contribution is -0.117. The predicted octanol–water partition coefficient (Wildman–Crippen LogP) is 3.27. The Morgan fingerprint density at radius 2 is 2.24 bits per heavy atom. The molecule has 2 fully saturated rings. The van der Waals surface area contributed by atoms with Gasteiger partial charge in [-0.1, -0.05) is 11.3 Å². The number of fused-ring (bicyclic) bond motifs is 1. The van der Waals surface area contributed by atoms with E-state index in [-0.39, 0.29) is 17.7 Å². The molecule has 0 atom stereocenters. The van der Waals surface area contributed by atoms with Gasteiger partial charge in [0.1, 0.15) is 0 Å². The number of carbonyl (C=O) groups excluding carboxylic acids is 2. The predicted molar refractivity (Wildman–Crippen MR) is 115 cm³/mol. The van der Waals surface area contributed by atoms with Crippen molar-refractivity contribution in [2.24, 2.45) is 18.0 Å². The van der Waals surface area contributed by atoms with Gasteiger partial charge in [0.15, 0.2) is 10.3 Å². The van der Waals surface area contributed by atoms with E-state index in [1.54, 1.807) is 23.2 Å². The van der Waals surface area contributed by atoms with Crippen LogP contribution in [0, 0.1) is 5.92 Å². The van der Waals surface area contributed by atoms with Crippen LogP contribution in [0.5, 0.6) is 0 Å². The second kappa shape index (κ2) is 7.12. The topological polar surface area (TPSA) is 101 Å². The Kier molecular flexibility index (Phi) is 4.44. The number of hydrogen-bond donors (Lipinski definition) is 2. The molecule has 29 heavy (non-hydrogen) atoms. The number of nitrogens with zero attached hydrogens (tertiary/aromatic N) is 4. The van der Waals surface area contributed by atoms with Crippen molar-refractivity contribution in [3.05, 3.63) is 40.4 Å². The number of nitrogens with one attached hydrogen (secondary N) is 2. The summed E-state index contributed by atoms with van der Waals surface area (Å²) in [5.41, 5.74) is 1.77. The summed E-state index contributed by atoms with van der Waals surface area (Å²) >= 11 is 2.62. The third kappa shape index (κ3) is 3.81. The Balaban J connectivity index is 1.32. The maximum Gasteiger partial charge on any atom is 0.264 e. The maximum atomic E-state index is 12.3. The minimum Gasteiger partial charge on any atom is -0.302 e. The molecule has 0 spiro atoms. The minimum atomic E-state index is -0.201. The molecule has 2 aliphatic rings. The van der Waals surface area contributed by atoms with Crippen molar-refractivity contribution in [2.45, 2.75) is 12.8 Å². The summed E-state index contributed by atoms with van der Waals surface area (Å²) in [6, 6.07) is 5.78. The standard InChI is InChI=1S/C19H16N6O2S2/c1-25-14-5-4-12(6-11(14)8-21-25)22-19-24-17(27)15(29-19)7-13-9-20-18(28-13)23-16(26)10-2-3-10/h4-10H,2-3H2,1H3,(H,20,23,26)(H,22,24,27)/b15-7-. The molecule has 1 saturated carbocycles. The highest BCUT2D eigenvalue weighted by atomic mass is 32.2. The van der Waals surface area contributed by atoms with Crippen molar-refractivity contribution in [1.82, 2.24) is 20.1 Å². The lowest BCUT2D eigenvalue weighted by Crippen LogP contribution is -2.19. The summed E-state index contributed by atoms with van der Waals surface area (Å²) in [4.78, 5) is 34.2. The molecule has 0 radical (unpaired) electrons. The number of thioether (sulfide) groups is 1. The van der Waals surface area contributed by atoms with Crippen molar-refractivity contribution < 1.29 is 9.59 Å². The van der Waals surface area contributed by atoms with Gasteiger partial charge in [0.05, 0.1) is 27.2 Å². The zero-order valence-electron chi connectivity index (χ0n) is 15.4. The molecule has 0 bridgehead atoms. The Morgan fingerprint density at radius 3 is 3.07 bits per heavy atom. The fourth-order valence-corrected chi connectivity index (χ4v) is 4.58. The molecule has 1 saturated heterocycles. The number of amides is 2. The largest absolute Gasteiger partial charge is 0.302 e. The average molecular weight is 425 g/mol. The number of aliphatic imine (C=N–C) groups is 1. The van der Waals surface area contributed by atoms with Gasteiger partial charge in [-0.3, -0.25) is 14.3 Å². The quantitative estimate of drug-likeness (QED) is 0.626. The average Bonchev–Trinajstić information content (AvgIpc) is 3.25. The SMILES string of the molecule is Cn1ncc2cc(N=C3NC(=O)/C(=C/c4cnc(NC(=O)C5CC5)s4)S3)ccc21. The number of amidine groups is 1. The molecule has 3 aromatic rings. The zero-order chi connectivity index (χ0) is 20.0. The van der Waals surface area contributed by atoms with Crippen LogP contribution in [0.3, 0.4) is 0 Å². The number of rotatable bonds is 4. The number of thiazole rings is 1. The summed E-state index contributed by atoms with van der Waals surface area (Å²) in [5.74, 6) is -0.0544. The summed E-state index contributed by atoms with van der Waals surface area (Å²) in [6.07, 6.45) is 7.09. The van der Waals surface area contributed by atoms with Gasteiger partial charge >= 0.3 is 0 Å². The summed E-state index contributed by atoms with van der Waals surface area (Å²) in [7, 11) is 1.89. The number of hydrogen-bond acceptors (Lipinski definition) is 7. The van der Waals surface area contributed by atoms with Crippen LogP contribution in [0.4, 0.5) is 10.8 Å². The Bertz CT molecular complexity index is 1200. The van der Waals surface area contributed by atoms with Gasteiger partial charge in [-0.15, -0.1) is 0 Å². The molecule has 0 unspecified atom stereocenters. The summed E-state index contributed by atoms with van der Waals surface area (Å²) < 4.78 is 1.80. The van der Waals surface area contributed by atoms with E-state index in [0.717, 1.165) is 34.3 Å². The van der Waals surface area contributed by atoms with Crippen molar-refractivity contribution in [2.75, 3.05) is 5.32 Å². The number of aromatic nitrogens is 3. The smallest absolute Gasteiger partial charge is 0.264 e. The van der Waals surface area contributed by atoms with Crippen LogP contribution < -0.4 is 10.6 Å². The van der Waals surface area contributed by atoms with Crippen LogP contribution >= 0.6 is 23.1 Å². The van der Waals surface area contributed by atoms with Crippen LogP contribution in [-0.4, -0.2) is 31.7 Å². The number of anilines is 1. The number of benzene rings is 1. The Labute approximate surface area is 174 Å². The number of aryl methyl sites for hydroxylation is 1. The van der Waals surface area contributed by atoms with Crippen LogP contribution in [0.2, 0.25) is 0 Å². The van der Waals surface area contributed by atoms with Crippen LogP contribution in [-0.2, 0) is 16.6 Å². The van der Waals surface area contributed by atoms with E-state index >= 15 is 0 Å². The van der Waals surface area contributed by atoms with Gasteiger partial charge in [0, 0.05) is 24.5 Å². The first kappa shape index (κ1) is 18.1. The van der Waals surface area contributed by atoms with Gasteiger partial charge in [0.2, 0.25) is 5.91 Å². The van der Waals surface area contributed by atoms with Gasteiger partial charge in [-0.05, 0) is 48.9 Å². The zero-order valence-corrected chi connectivity index (χ0v) is 17.0. The van der Waals surface area contributed by atoms with Gasteiger partial charge < -0.3 is 10.6 Å². The van der Waals surface area contributed by atoms with Crippen molar-refractivity contribution in [3.8, 4) is 0 Å². The van der Waals surface area contributed by atoms with Gasteiger partial charge in [-0.25, -0.2) is 9.98 Å². The van der Waals surface area contributed by atoms with Gasteiger partial charge in [0.25, 0.3) is 5.91 Å². The first-order valence-corrected chi connectivity index (χ1v) is 10.7. The second-order valence-corrected chi connectivity index (χ2v) is 8.92. The van der Waals surface area contributed by atoms with Crippen molar-refractivity contribution >= 4 is 67.9 Å². The normalized spacial score (nSPS) is 19.3. The third-order valence-corrected chi connectivity index (χ3v) is 6.36. The molecular formula is C19H16N6O2S2. The monoisotopic (exact) mass is 424 g/mol. The molecule has 10 heteroatoms. The van der Waals surface area contributed by atoms with Crippen LogP contribution in [0.25, 0.3) is 17.0 Å². The van der Waals surface area contributed by atoms with E-state index in [1.165, 1.54) is 23.1 Å². The third-order valence-electron chi connectivity index (χ3n) is 4.59. The Hall–Kier alpha value is -2.98. The van der Waals surface area contributed by atoms with E-state index in [4.69, 9.17) is 0 Å². The van der Waals surface area contributed by atoms with Crippen LogP contribution in [0.1, 0.15) is 17.7 Å². The fraction of sp³-hybridized carbons (Fsp3) is 0.211. The van der Waals surface area contributed by atoms with Crippen molar-refractivity contribution in [3.63, 3.8) is 0 Å². The molecule has 1 aliphatic heterocycles. The summed E-state index contributed by atoms with van der Waals surface area (Å²) in [6.45, 7) is 0. The highest BCUT2D eigenvalue weighted by Crippen LogP contribution is 2.33. The molecule has 146 valence electrons. The Morgan fingerprint density at radius 1 is 1.38 bits per heavy atom. The second-order valence-electron chi connectivity index (χ2n) is 6.82. The van der Waals surface area contributed by atoms with Crippen molar-refractivity contribution in [1.29, 1.82) is 0 Å². The molecule has 2 aromatic heterocycles. The van der Waals surface area contributed by atoms with E-state index in [0.29, 0.717) is 15.2 Å². The molecule has 3 heterocycles.